The summed E-state index contributed by atoms with van der Waals surface area (Å²) >= 11 is 0. The van der Waals surface area contributed by atoms with Gasteiger partial charge in [-0.1, -0.05) is 35.4 Å². The van der Waals surface area contributed by atoms with E-state index in [0.29, 0.717) is 5.56 Å². The molecule has 0 aliphatic heterocycles. The highest BCUT2D eigenvalue weighted by molar-refractivity contribution is 5.99. The highest BCUT2D eigenvalue weighted by Gasteiger charge is 2.09. The Kier molecular flexibility index (Phi) is 4.94. The van der Waals surface area contributed by atoms with Crippen molar-refractivity contribution < 1.29 is 9.59 Å². The fourth-order valence-electron chi connectivity index (χ4n) is 2.20. The first-order valence-corrected chi connectivity index (χ1v) is 7.17. The SMILES string of the molecule is Cc1cccc(C(=O)NCC(=O)Nc2ccc(C)cc2C)c1. The molecule has 4 heteroatoms. The third kappa shape index (κ3) is 4.19. The van der Waals surface area contributed by atoms with Crippen LogP contribution in [-0.4, -0.2) is 18.4 Å². The second-order valence-corrected chi connectivity index (χ2v) is 5.42. The van der Waals surface area contributed by atoms with Gasteiger partial charge in [0.25, 0.3) is 5.91 Å². The zero-order chi connectivity index (χ0) is 16.1. The van der Waals surface area contributed by atoms with Crippen molar-refractivity contribution in [3.05, 3.63) is 64.7 Å². The molecule has 0 bridgehead atoms. The van der Waals surface area contributed by atoms with E-state index in [-0.39, 0.29) is 18.4 Å². The summed E-state index contributed by atoms with van der Waals surface area (Å²) in [5.74, 6) is -0.493. The van der Waals surface area contributed by atoms with Crippen LogP contribution < -0.4 is 10.6 Å². The Balaban J connectivity index is 1.91. The lowest BCUT2D eigenvalue weighted by Crippen LogP contribution is -2.33. The normalized spacial score (nSPS) is 10.1. The average molecular weight is 296 g/mol. The molecule has 0 aromatic heterocycles. The van der Waals surface area contributed by atoms with Gasteiger partial charge in [-0.15, -0.1) is 0 Å². The molecular weight excluding hydrogens is 276 g/mol. The molecule has 0 spiro atoms. The van der Waals surface area contributed by atoms with E-state index in [1.807, 2.05) is 51.1 Å². The molecule has 0 aliphatic carbocycles. The third-order valence-electron chi connectivity index (χ3n) is 3.35. The fourth-order valence-corrected chi connectivity index (χ4v) is 2.20. The van der Waals surface area contributed by atoms with Crippen molar-refractivity contribution in [1.29, 1.82) is 0 Å². The van der Waals surface area contributed by atoms with Crippen LogP contribution in [0.3, 0.4) is 0 Å². The first-order chi connectivity index (χ1) is 10.5. The molecule has 2 rings (SSSR count). The smallest absolute Gasteiger partial charge is 0.251 e. The molecule has 0 saturated carbocycles. The first kappa shape index (κ1) is 15.8. The van der Waals surface area contributed by atoms with Crippen molar-refractivity contribution in [1.82, 2.24) is 5.32 Å². The van der Waals surface area contributed by atoms with Gasteiger partial charge in [0, 0.05) is 11.3 Å². The number of aryl methyl sites for hydroxylation is 3. The van der Waals surface area contributed by atoms with E-state index in [2.05, 4.69) is 10.6 Å². The van der Waals surface area contributed by atoms with Gasteiger partial charge in [-0.25, -0.2) is 0 Å². The van der Waals surface area contributed by atoms with Crippen LogP contribution in [0.25, 0.3) is 0 Å². The van der Waals surface area contributed by atoms with Crippen molar-refractivity contribution in [3.63, 3.8) is 0 Å². The number of hydrogen-bond donors (Lipinski definition) is 2. The summed E-state index contributed by atoms with van der Waals surface area (Å²) in [4.78, 5) is 23.9. The zero-order valence-electron chi connectivity index (χ0n) is 13.1. The minimum absolute atomic E-state index is 0.0555. The van der Waals surface area contributed by atoms with Crippen molar-refractivity contribution in [3.8, 4) is 0 Å². The van der Waals surface area contributed by atoms with Crippen molar-refractivity contribution in [2.45, 2.75) is 20.8 Å². The van der Waals surface area contributed by atoms with Crippen LogP contribution in [0.2, 0.25) is 0 Å². The van der Waals surface area contributed by atoms with Crippen LogP contribution in [0, 0.1) is 20.8 Å². The Morgan fingerprint density at radius 1 is 0.955 bits per heavy atom. The number of anilines is 1. The Morgan fingerprint density at radius 3 is 2.36 bits per heavy atom. The Hall–Kier alpha value is -2.62. The number of rotatable bonds is 4. The highest BCUT2D eigenvalue weighted by atomic mass is 16.2. The largest absolute Gasteiger partial charge is 0.343 e. The molecule has 114 valence electrons. The van der Waals surface area contributed by atoms with Crippen LogP contribution in [-0.2, 0) is 4.79 Å². The van der Waals surface area contributed by atoms with E-state index in [1.54, 1.807) is 12.1 Å². The molecule has 0 heterocycles. The highest BCUT2D eigenvalue weighted by Crippen LogP contribution is 2.15. The lowest BCUT2D eigenvalue weighted by atomic mass is 10.1. The summed E-state index contributed by atoms with van der Waals surface area (Å²) in [6.07, 6.45) is 0. The van der Waals surface area contributed by atoms with Gasteiger partial charge in [-0.05, 0) is 44.5 Å². The molecule has 2 amide bonds. The van der Waals surface area contributed by atoms with Gasteiger partial charge >= 0.3 is 0 Å². The van der Waals surface area contributed by atoms with Crippen LogP contribution in [0.5, 0.6) is 0 Å². The predicted octanol–water partition coefficient (Wildman–Crippen LogP) is 2.98. The van der Waals surface area contributed by atoms with Gasteiger partial charge in [0.15, 0.2) is 0 Å². The molecule has 2 aromatic rings. The van der Waals surface area contributed by atoms with Crippen molar-refractivity contribution in [2.24, 2.45) is 0 Å². The monoisotopic (exact) mass is 296 g/mol. The molecule has 0 atom stereocenters. The zero-order valence-corrected chi connectivity index (χ0v) is 13.1. The van der Waals surface area contributed by atoms with Gasteiger partial charge < -0.3 is 10.6 Å². The van der Waals surface area contributed by atoms with E-state index < -0.39 is 0 Å². The minimum Gasteiger partial charge on any atom is -0.343 e. The quantitative estimate of drug-likeness (QED) is 0.911. The Bertz CT molecular complexity index is 708. The second-order valence-electron chi connectivity index (χ2n) is 5.42. The van der Waals surface area contributed by atoms with E-state index in [0.717, 1.165) is 22.4 Å². The first-order valence-electron chi connectivity index (χ1n) is 7.17. The summed E-state index contributed by atoms with van der Waals surface area (Å²) in [5, 5.41) is 5.43. The molecule has 2 N–H and O–H groups in total. The fraction of sp³-hybridized carbons (Fsp3) is 0.222. The summed E-state index contributed by atoms with van der Waals surface area (Å²) in [6.45, 7) is 5.80. The van der Waals surface area contributed by atoms with Crippen LogP contribution in [0.1, 0.15) is 27.0 Å². The van der Waals surface area contributed by atoms with Gasteiger partial charge in [0.2, 0.25) is 5.91 Å². The molecule has 4 nitrogen and oxygen atoms in total. The summed E-state index contributed by atoms with van der Waals surface area (Å²) in [6, 6.07) is 13.1. The van der Waals surface area contributed by atoms with Crippen molar-refractivity contribution >= 4 is 17.5 Å². The molecule has 22 heavy (non-hydrogen) atoms. The Morgan fingerprint density at radius 2 is 1.68 bits per heavy atom. The summed E-state index contributed by atoms with van der Waals surface area (Å²) in [7, 11) is 0. The molecule has 0 radical (unpaired) electrons. The van der Waals surface area contributed by atoms with Gasteiger partial charge in [-0.3, -0.25) is 9.59 Å². The molecule has 0 saturated heterocycles. The standard InChI is InChI=1S/C18H20N2O2/c1-12-5-4-6-15(10-12)18(22)19-11-17(21)20-16-8-7-13(2)9-14(16)3/h4-10H,11H2,1-3H3,(H,19,22)(H,20,21). The number of amides is 2. The molecule has 0 unspecified atom stereocenters. The number of carbonyl (C=O) groups excluding carboxylic acids is 2. The van der Waals surface area contributed by atoms with Crippen LogP contribution >= 0.6 is 0 Å². The maximum atomic E-state index is 12.0. The Labute approximate surface area is 130 Å². The van der Waals surface area contributed by atoms with Crippen LogP contribution in [0.15, 0.2) is 42.5 Å². The van der Waals surface area contributed by atoms with Crippen LogP contribution in [0.4, 0.5) is 5.69 Å². The summed E-state index contributed by atoms with van der Waals surface area (Å²) < 4.78 is 0. The number of benzene rings is 2. The molecule has 2 aromatic carbocycles. The summed E-state index contributed by atoms with van der Waals surface area (Å²) in [5.41, 5.74) is 4.47. The van der Waals surface area contributed by atoms with Gasteiger partial charge in [0.1, 0.15) is 0 Å². The van der Waals surface area contributed by atoms with E-state index >= 15 is 0 Å². The van der Waals surface area contributed by atoms with E-state index in [1.165, 1.54) is 0 Å². The lowest BCUT2D eigenvalue weighted by molar-refractivity contribution is -0.115. The predicted molar refractivity (Wildman–Crippen MR) is 88.1 cm³/mol. The van der Waals surface area contributed by atoms with E-state index in [4.69, 9.17) is 0 Å². The van der Waals surface area contributed by atoms with Gasteiger partial charge in [-0.2, -0.15) is 0 Å². The third-order valence-corrected chi connectivity index (χ3v) is 3.35. The van der Waals surface area contributed by atoms with Crippen molar-refractivity contribution in [2.75, 3.05) is 11.9 Å². The number of carbonyl (C=O) groups is 2. The number of nitrogens with one attached hydrogen (secondary N) is 2. The number of hydrogen-bond acceptors (Lipinski definition) is 2. The van der Waals surface area contributed by atoms with Gasteiger partial charge in [0.05, 0.1) is 6.54 Å². The molecule has 0 aliphatic rings. The minimum atomic E-state index is -0.250. The molecule has 0 fully saturated rings. The maximum absolute atomic E-state index is 12.0. The lowest BCUT2D eigenvalue weighted by Gasteiger charge is -2.10. The maximum Gasteiger partial charge on any atom is 0.251 e. The second kappa shape index (κ2) is 6.89. The van der Waals surface area contributed by atoms with E-state index in [9.17, 15) is 9.59 Å². The topological polar surface area (TPSA) is 58.2 Å². The molecular formula is C18H20N2O2. The average Bonchev–Trinajstić information content (AvgIpc) is 2.47.